The predicted octanol–water partition coefficient (Wildman–Crippen LogP) is 4.26. The van der Waals surface area contributed by atoms with Gasteiger partial charge in [0.2, 0.25) is 5.89 Å². The van der Waals surface area contributed by atoms with Gasteiger partial charge < -0.3 is 8.94 Å². The van der Waals surface area contributed by atoms with Gasteiger partial charge in [-0.05, 0) is 13.8 Å². The zero-order valence-corrected chi connectivity index (χ0v) is 12.9. The predicted molar refractivity (Wildman–Crippen MR) is 76.2 cm³/mol. The Hall–Kier alpha value is -1.23. The highest BCUT2D eigenvalue weighted by Crippen LogP contribution is 2.32. The molecule has 2 aromatic heterocycles. The monoisotopic (exact) mass is 280 g/mol. The number of hydrogen-bond donors (Lipinski definition) is 0. The van der Waals surface area contributed by atoms with Gasteiger partial charge in [-0.25, -0.2) is 4.98 Å². The van der Waals surface area contributed by atoms with E-state index >= 15 is 0 Å². The van der Waals surface area contributed by atoms with Gasteiger partial charge >= 0.3 is 0 Å². The van der Waals surface area contributed by atoms with Crippen molar-refractivity contribution < 1.29 is 8.94 Å². The number of thioether (sulfide) groups is 1. The molecule has 4 nitrogen and oxygen atoms in total. The Morgan fingerprint density at radius 2 is 2.11 bits per heavy atom. The van der Waals surface area contributed by atoms with E-state index in [9.17, 15) is 0 Å². The molecule has 0 spiro atoms. The fraction of sp³-hybridized carbons (Fsp3) is 0.571. The van der Waals surface area contributed by atoms with Crippen LogP contribution in [0, 0.1) is 6.92 Å². The molecule has 0 amide bonds. The molecule has 2 heterocycles. The standard InChI is InChI=1S/C14H20N2O2S/c1-9-6-11(16-18-9)8-19-10(2)13-15-7-12(17-13)14(3,4)5/h6-7,10H,8H2,1-5H3. The van der Waals surface area contributed by atoms with E-state index in [0.29, 0.717) is 0 Å². The molecule has 2 aromatic rings. The van der Waals surface area contributed by atoms with Crippen LogP contribution in [0.5, 0.6) is 0 Å². The summed E-state index contributed by atoms with van der Waals surface area (Å²) < 4.78 is 10.9. The van der Waals surface area contributed by atoms with Crippen molar-refractivity contribution in [3.63, 3.8) is 0 Å². The zero-order chi connectivity index (χ0) is 14.0. The van der Waals surface area contributed by atoms with Crippen molar-refractivity contribution in [2.45, 2.75) is 51.0 Å². The third-order valence-corrected chi connectivity index (χ3v) is 3.93. The van der Waals surface area contributed by atoms with Gasteiger partial charge in [0.15, 0.2) is 0 Å². The van der Waals surface area contributed by atoms with Gasteiger partial charge in [0, 0.05) is 17.2 Å². The van der Waals surface area contributed by atoms with Crippen LogP contribution in [0.15, 0.2) is 21.2 Å². The normalized spacial score (nSPS) is 13.7. The molecule has 19 heavy (non-hydrogen) atoms. The molecule has 2 rings (SSSR count). The number of oxazole rings is 1. The van der Waals surface area contributed by atoms with Crippen LogP contribution in [0.1, 0.15) is 56.1 Å². The quantitative estimate of drug-likeness (QED) is 0.837. The Labute approximate surface area is 118 Å². The Morgan fingerprint density at radius 1 is 1.37 bits per heavy atom. The Kier molecular flexibility index (Phi) is 4.04. The molecule has 0 bridgehead atoms. The minimum atomic E-state index is -0.00113. The molecule has 1 atom stereocenters. The topological polar surface area (TPSA) is 52.1 Å². The van der Waals surface area contributed by atoms with Gasteiger partial charge in [-0.15, -0.1) is 11.8 Å². The van der Waals surface area contributed by atoms with Crippen LogP contribution < -0.4 is 0 Å². The molecule has 0 radical (unpaired) electrons. The van der Waals surface area contributed by atoms with E-state index in [0.717, 1.165) is 28.9 Å². The molecule has 0 N–H and O–H groups in total. The first-order chi connectivity index (χ1) is 8.86. The average molecular weight is 280 g/mol. The molecule has 0 fully saturated rings. The maximum absolute atomic E-state index is 5.83. The van der Waals surface area contributed by atoms with E-state index in [1.54, 1.807) is 11.8 Å². The van der Waals surface area contributed by atoms with Crippen molar-refractivity contribution >= 4 is 11.8 Å². The number of aryl methyl sites for hydroxylation is 1. The van der Waals surface area contributed by atoms with Crippen LogP contribution >= 0.6 is 11.8 Å². The lowest BCUT2D eigenvalue weighted by Crippen LogP contribution is -2.09. The van der Waals surface area contributed by atoms with E-state index < -0.39 is 0 Å². The van der Waals surface area contributed by atoms with Crippen molar-refractivity contribution in [1.82, 2.24) is 10.1 Å². The second-order valence-corrected chi connectivity index (χ2v) is 7.02. The summed E-state index contributed by atoms with van der Waals surface area (Å²) in [4.78, 5) is 4.37. The molecule has 0 aliphatic heterocycles. The first-order valence-electron chi connectivity index (χ1n) is 6.36. The lowest BCUT2D eigenvalue weighted by Gasteiger charge is -2.13. The molecular weight excluding hydrogens is 260 g/mol. The van der Waals surface area contributed by atoms with Crippen molar-refractivity contribution in [1.29, 1.82) is 0 Å². The number of aromatic nitrogens is 2. The maximum atomic E-state index is 5.83. The number of rotatable bonds is 4. The van der Waals surface area contributed by atoms with Gasteiger partial charge in [-0.1, -0.05) is 25.9 Å². The second kappa shape index (κ2) is 5.41. The second-order valence-electron chi connectivity index (χ2n) is 5.69. The Morgan fingerprint density at radius 3 is 2.63 bits per heavy atom. The number of hydrogen-bond acceptors (Lipinski definition) is 5. The molecule has 0 aliphatic rings. The molecule has 5 heteroatoms. The number of nitrogens with zero attached hydrogens (tertiary/aromatic N) is 2. The Bertz CT molecular complexity index is 540. The third-order valence-electron chi connectivity index (χ3n) is 2.77. The van der Waals surface area contributed by atoms with Crippen molar-refractivity contribution in [3.05, 3.63) is 35.4 Å². The minimum absolute atomic E-state index is 0.00113. The van der Waals surface area contributed by atoms with E-state index in [2.05, 4.69) is 37.8 Å². The molecule has 0 aliphatic carbocycles. The molecule has 1 unspecified atom stereocenters. The highest BCUT2D eigenvalue weighted by Gasteiger charge is 2.21. The van der Waals surface area contributed by atoms with Crippen LogP contribution in [-0.2, 0) is 11.2 Å². The summed E-state index contributed by atoms with van der Waals surface area (Å²) in [6.45, 7) is 10.3. The smallest absolute Gasteiger partial charge is 0.207 e. The third kappa shape index (κ3) is 3.62. The SMILES string of the molecule is Cc1cc(CSC(C)c2ncc(C(C)(C)C)o2)no1. The molecular formula is C14H20N2O2S. The molecule has 0 saturated heterocycles. The first kappa shape index (κ1) is 14.2. The fourth-order valence-corrected chi connectivity index (χ4v) is 2.40. The van der Waals surface area contributed by atoms with Crippen molar-refractivity contribution in [2.75, 3.05) is 0 Å². The largest absolute Gasteiger partial charge is 0.444 e. The summed E-state index contributed by atoms with van der Waals surface area (Å²) in [5, 5.41) is 4.18. The molecule has 0 saturated carbocycles. The van der Waals surface area contributed by atoms with Gasteiger partial charge in [0.05, 0.1) is 17.1 Å². The average Bonchev–Trinajstić information content (AvgIpc) is 2.93. The van der Waals surface area contributed by atoms with Gasteiger partial charge in [-0.2, -0.15) is 0 Å². The Balaban J connectivity index is 1.96. The van der Waals surface area contributed by atoms with Crippen LogP contribution in [-0.4, -0.2) is 10.1 Å². The van der Waals surface area contributed by atoms with Crippen LogP contribution in [0.2, 0.25) is 0 Å². The summed E-state index contributed by atoms with van der Waals surface area (Å²) in [5.74, 6) is 3.34. The maximum Gasteiger partial charge on any atom is 0.207 e. The van der Waals surface area contributed by atoms with Crippen molar-refractivity contribution in [2.24, 2.45) is 0 Å². The van der Waals surface area contributed by atoms with E-state index in [-0.39, 0.29) is 10.7 Å². The van der Waals surface area contributed by atoms with Crippen LogP contribution in [0.25, 0.3) is 0 Å². The van der Waals surface area contributed by atoms with Crippen LogP contribution in [0.4, 0.5) is 0 Å². The lowest BCUT2D eigenvalue weighted by atomic mass is 9.94. The lowest BCUT2D eigenvalue weighted by molar-refractivity contribution is 0.383. The highest BCUT2D eigenvalue weighted by molar-refractivity contribution is 7.98. The van der Waals surface area contributed by atoms with E-state index in [4.69, 9.17) is 8.94 Å². The van der Waals surface area contributed by atoms with Gasteiger partial charge in [-0.3, -0.25) is 0 Å². The van der Waals surface area contributed by atoms with E-state index in [1.165, 1.54) is 0 Å². The summed E-state index contributed by atoms with van der Waals surface area (Å²) in [6, 6.07) is 1.95. The van der Waals surface area contributed by atoms with Crippen molar-refractivity contribution in [3.8, 4) is 0 Å². The van der Waals surface area contributed by atoms with Gasteiger partial charge in [0.25, 0.3) is 0 Å². The summed E-state index contributed by atoms with van der Waals surface area (Å²) in [6.07, 6.45) is 1.83. The summed E-state index contributed by atoms with van der Waals surface area (Å²) >= 11 is 1.74. The fourth-order valence-electron chi connectivity index (χ4n) is 1.59. The summed E-state index contributed by atoms with van der Waals surface area (Å²) in [5.41, 5.74) is 0.954. The van der Waals surface area contributed by atoms with E-state index in [1.807, 2.05) is 19.2 Å². The first-order valence-corrected chi connectivity index (χ1v) is 7.41. The summed E-state index contributed by atoms with van der Waals surface area (Å²) in [7, 11) is 0. The highest BCUT2D eigenvalue weighted by atomic mass is 32.2. The molecule has 0 aromatic carbocycles. The van der Waals surface area contributed by atoms with Crippen LogP contribution in [0.3, 0.4) is 0 Å². The minimum Gasteiger partial charge on any atom is -0.444 e. The molecule has 104 valence electrons. The zero-order valence-electron chi connectivity index (χ0n) is 12.1. The van der Waals surface area contributed by atoms with Gasteiger partial charge in [0.1, 0.15) is 11.5 Å².